The minimum absolute atomic E-state index is 0.340. The van der Waals surface area contributed by atoms with Crippen LogP contribution in [-0.2, 0) is 4.79 Å². The maximum absolute atomic E-state index is 10.5. The van der Waals surface area contributed by atoms with Crippen molar-refractivity contribution in [2.75, 3.05) is 0 Å². The normalized spacial score (nSPS) is 14.9. The molecule has 1 saturated carbocycles. The molecule has 1 rings (SSSR count). The molecule has 188 valence electrons. The highest BCUT2D eigenvalue weighted by atomic mass is 16.4. The number of allylic oxidation sites excluding steroid dienone is 2. The van der Waals surface area contributed by atoms with Crippen molar-refractivity contribution in [2.45, 2.75) is 161 Å². The average molecular weight is 449 g/mol. The van der Waals surface area contributed by atoms with Gasteiger partial charge in [0.15, 0.2) is 0 Å². The average Bonchev–Trinajstić information content (AvgIpc) is 3.62. The molecule has 0 radical (unpaired) electrons. The Balaban J connectivity index is 1.86. The fourth-order valence-corrected chi connectivity index (χ4v) is 4.93. The Bertz CT molecular complexity index is 438. The third-order valence-electron chi connectivity index (χ3n) is 7.26. The Morgan fingerprint density at radius 3 is 1.69 bits per heavy atom. The molecular weight excluding hydrogens is 392 g/mol. The van der Waals surface area contributed by atoms with Gasteiger partial charge in [-0.2, -0.15) is 0 Å². The third kappa shape index (κ3) is 19.9. The van der Waals surface area contributed by atoms with Crippen LogP contribution in [0, 0.1) is 11.8 Å². The van der Waals surface area contributed by atoms with Gasteiger partial charge >= 0.3 is 5.97 Å². The van der Waals surface area contributed by atoms with E-state index in [-0.39, 0.29) is 0 Å². The Morgan fingerprint density at radius 2 is 1.19 bits per heavy atom. The highest BCUT2D eigenvalue weighted by Gasteiger charge is 2.28. The molecule has 2 nitrogen and oxygen atoms in total. The summed E-state index contributed by atoms with van der Waals surface area (Å²) >= 11 is 0. The standard InChI is InChI=1S/C30H56O2/c1-2-3-4-5-6-7-8-9-10-11-12-13-14-15-17-20-23-28(29-26-27-29)24-21-18-16-19-22-25-30(31)32/h20,23,28-29H,2-19,21-22,24-27H2,1H3,(H,31,32). The van der Waals surface area contributed by atoms with Gasteiger partial charge in [-0.3, -0.25) is 4.79 Å². The Labute approximate surface area is 201 Å². The fourth-order valence-electron chi connectivity index (χ4n) is 4.93. The minimum Gasteiger partial charge on any atom is -0.481 e. The van der Waals surface area contributed by atoms with Crippen molar-refractivity contribution in [1.29, 1.82) is 0 Å². The molecule has 0 amide bonds. The van der Waals surface area contributed by atoms with Gasteiger partial charge < -0.3 is 5.11 Å². The smallest absolute Gasteiger partial charge is 0.303 e. The summed E-state index contributed by atoms with van der Waals surface area (Å²) in [5.41, 5.74) is 0. The number of aliphatic carboxylic acids is 1. The lowest BCUT2D eigenvalue weighted by Gasteiger charge is -2.11. The topological polar surface area (TPSA) is 37.3 Å². The lowest BCUT2D eigenvalue weighted by Crippen LogP contribution is -1.99. The second kappa shape index (κ2) is 22.0. The SMILES string of the molecule is CCCCCCCCCCCCCCCCC=CC(CCCCCCCC(=O)O)C1CC1. The van der Waals surface area contributed by atoms with E-state index < -0.39 is 5.97 Å². The van der Waals surface area contributed by atoms with E-state index in [0.717, 1.165) is 24.7 Å². The largest absolute Gasteiger partial charge is 0.481 e. The zero-order chi connectivity index (χ0) is 23.1. The summed E-state index contributed by atoms with van der Waals surface area (Å²) in [7, 11) is 0. The molecule has 1 atom stereocenters. The maximum atomic E-state index is 10.5. The number of rotatable bonds is 25. The number of hydrogen-bond acceptors (Lipinski definition) is 1. The fraction of sp³-hybridized carbons (Fsp3) is 0.900. The van der Waals surface area contributed by atoms with E-state index in [2.05, 4.69) is 19.1 Å². The van der Waals surface area contributed by atoms with Gasteiger partial charge in [0.2, 0.25) is 0 Å². The molecular formula is C30H56O2. The van der Waals surface area contributed by atoms with Crippen LogP contribution in [0.25, 0.3) is 0 Å². The summed E-state index contributed by atoms with van der Waals surface area (Å²) < 4.78 is 0. The Hall–Kier alpha value is -0.790. The van der Waals surface area contributed by atoms with Crippen molar-refractivity contribution in [3.8, 4) is 0 Å². The summed E-state index contributed by atoms with van der Waals surface area (Å²) in [5, 5.41) is 8.69. The molecule has 32 heavy (non-hydrogen) atoms. The van der Waals surface area contributed by atoms with Gasteiger partial charge in [-0.15, -0.1) is 0 Å². The Kier molecular flexibility index (Phi) is 20.1. The number of carbonyl (C=O) groups is 1. The van der Waals surface area contributed by atoms with Crippen LogP contribution < -0.4 is 0 Å². The number of carboxylic acid groups (broad SMARTS) is 1. The first-order valence-electron chi connectivity index (χ1n) is 14.6. The second-order valence-corrected chi connectivity index (χ2v) is 10.5. The minimum atomic E-state index is -0.650. The lowest BCUT2D eigenvalue weighted by molar-refractivity contribution is -0.137. The molecule has 0 saturated heterocycles. The summed E-state index contributed by atoms with van der Waals surface area (Å²) in [6.45, 7) is 2.29. The molecule has 1 aliphatic rings. The molecule has 0 aromatic carbocycles. The molecule has 0 aromatic heterocycles. The van der Waals surface area contributed by atoms with Crippen LogP contribution in [0.5, 0.6) is 0 Å². The van der Waals surface area contributed by atoms with E-state index in [0.29, 0.717) is 6.42 Å². The summed E-state index contributed by atoms with van der Waals surface area (Å²) in [6.07, 6.45) is 36.7. The second-order valence-electron chi connectivity index (χ2n) is 10.5. The monoisotopic (exact) mass is 448 g/mol. The molecule has 2 heteroatoms. The quantitative estimate of drug-likeness (QED) is 0.111. The van der Waals surface area contributed by atoms with Crippen molar-refractivity contribution in [2.24, 2.45) is 11.8 Å². The van der Waals surface area contributed by atoms with Crippen LogP contribution in [0.4, 0.5) is 0 Å². The molecule has 1 N–H and O–H groups in total. The van der Waals surface area contributed by atoms with E-state index in [9.17, 15) is 4.79 Å². The van der Waals surface area contributed by atoms with Crippen LogP contribution in [0.3, 0.4) is 0 Å². The van der Waals surface area contributed by atoms with Crippen LogP contribution >= 0.6 is 0 Å². The van der Waals surface area contributed by atoms with Crippen LogP contribution in [0.1, 0.15) is 161 Å². The van der Waals surface area contributed by atoms with Gasteiger partial charge in [0.05, 0.1) is 0 Å². The van der Waals surface area contributed by atoms with E-state index in [1.807, 2.05) is 0 Å². The molecule has 0 heterocycles. The molecule has 1 aliphatic carbocycles. The van der Waals surface area contributed by atoms with Gasteiger partial charge in [-0.1, -0.05) is 128 Å². The third-order valence-corrected chi connectivity index (χ3v) is 7.26. The number of carboxylic acids is 1. The lowest BCUT2D eigenvalue weighted by atomic mass is 9.94. The van der Waals surface area contributed by atoms with Crippen LogP contribution in [-0.4, -0.2) is 11.1 Å². The highest BCUT2D eigenvalue weighted by molar-refractivity contribution is 5.66. The van der Waals surface area contributed by atoms with Crippen LogP contribution in [0.2, 0.25) is 0 Å². The first kappa shape index (κ1) is 29.2. The molecule has 0 aromatic rings. The van der Waals surface area contributed by atoms with E-state index in [1.54, 1.807) is 0 Å². The van der Waals surface area contributed by atoms with Crippen molar-refractivity contribution in [3.05, 3.63) is 12.2 Å². The van der Waals surface area contributed by atoms with E-state index in [4.69, 9.17) is 5.11 Å². The van der Waals surface area contributed by atoms with Crippen molar-refractivity contribution < 1.29 is 9.90 Å². The molecule has 0 aliphatic heterocycles. The molecule has 0 spiro atoms. The predicted octanol–water partition coefficient (Wildman–Crippen LogP) is 10.3. The van der Waals surface area contributed by atoms with Crippen molar-refractivity contribution >= 4 is 5.97 Å². The first-order chi connectivity index (χ1) is 15.7. The van der Waals surface area contributed by atoms with Gasteiger partial charge in [0.1, 0.15) is 0 Å². The zero-order valence-corrected chi connectivity index (χ0v) is 21.6. The van der Waals surface area contributed by atoms with Gasteiger partial charge in [-0.25, -0.2) is 0 Å². The van der Waals surface area contributed by atoms with Crippen molar-refractivity contribution in [3.63, 3.8) is 0 Å². The van der Waals surface area contributed by atoms with Gasteiger partial charge in [0, 0.05) is 6.42 Å². The molecule has 1 unspecified atom stereocenters. The predicted molar refractivity (Wildman–Crippen MR) is 140 cm³/mol. The first-order valence-corrected chi connectivity index (χ1v) is 14.6. The van der Waals surface area contributed by atoms with Crippen LogP contribution in [0.15, 0.2) is 12.2 Å². The number of unbranched alkanes of at least 4 members (excludes halogenated alkanes) is 18. The maximum Gasteiger partial charge on any atom is 0.303 e. The Morgan fingerprint density at radius 1 is 0.719 bits per heavy atom. The molecule has 1 fully saturated rings. The van der Waals surface area contributed by atoms with E-state index >= 15 is 0 Å². The molecule has 0 bridgehead atoms. The highest BCUT2D eigenvalue weighted by Crippen LogP contribution is 2.40. The summed E-state index contributed by atoms with van der Waals surface area (Å²) in [6, 6.07) is 0. The van der Waals surface area contributed by atoms with Gasteiger partial charge in [0.25, 0.3) is 0 Å². The summed E-state index contributed by atoms with van der Waals surface area (Å²) in [4.78, 5) is 10.5. The van der Waals surface area contributed by atoms with Gasteiger partial charge in [-0.05, 0) is 50.4 Å². The number of hydrogen-bond donors (Lipinski definition) is 1. The van der Waals surface area contributed by atoms with E-state index in [1.165, 1.54) is 135 Å². The zero-order valence-electron chi connectivity index (χ0n) is 21.6. The summed E-state index contributed by atoms with van der Waals surface area (Å²) in [5.74, 6) is 1.14. The van der Waals surface area contributed by atoms with Crippen molar-refractivity contribution in [1.82, 2.24) is 0 Å².